The van der Waals surface area contributed by atoms with E-state index >= 15 is 0 Å². The fourth-order valence-electron chi connectivity index (χ4n) is 3.44. The molecule has 3 nitrogen and oxygen atoms in total. The fourth-order valence-corrected chi connectivity index (χ4v) is 3.44. The average Bonchev–Trinajstić information content (AvgIpc) is 3.03. The third-order valence-corrected chi connectivity index (χ3v) is 4.61. The van der Waals surface area contributed by atoms with Crippen molar-refractivity contribution in [2.24, 2.45) is 0 Å². The van der Waals surface area contributed by atoms with Crippen LogP contribution >= 0.6 is 0 Å². The van der Waals surface area contributed by atoms with Crippen LogP contribution in [-0.2, 0) is 6.54 Å². The summed E-state index contributed by atoms with van der Waals surface area (Å²) in [5, 5.41) is 9.56. The first-order valence-electron chi connectivity index (χ1n) is 7.92. The van der Waals surface area contributed by atoms with Gasteiger partial charge in [-0.3, -0.25) is 0 Å². The quantitative estimate of drug-likeness (QED) is 0.893. The predicted octanol–water partition coefficient (Wildman–Crippen LogP) is 4.64. The summed E-state index contributed by atoms with van der Waals surface area (Å²) < 4.78 is 13.4. The van der Waals surface area contributed by atoms with E-state index in [1.165, 1.54) is 11.0 Å². The van der Waals surface area contributed by atoms with Gasteiger partial charge in [-0.25, -0.2) is 9.18 Å². The van der Waals surface area contributed by atoms with Crippen LogP contribution in [0.4, 0.5) is 9.18 Å². The summed E-state index contributed by atoms with van der Waals surface area (Å²) in [6.45, 7) is 0.400. The van der Waals surface area contributed by atoms with Gasteiger partial charge in [0.05, 0.1) is 0 Å². The Morgan fingerprint density at radius 3 is 2.61 bits per heavy atom. The van der Waals surface area contributed by atoms with E-state index < -0.39 is 6.09 Å². The van der Waals surface area contributed by atoms with E-state index in [1.54, 1.807) is 12.1 Å². The Bertz CT molecular complexity index is 674. The summed E-state index contributed by atoms with van der Waals surface area (Å²) in [5.41, 5.74) is 1.96. The number of rotatable bonds is 4. The van der Waals surface area contributed by atoms with Crippen LogP contribution in [0.5, 0.6) is 0 Å². The van der Waals surface area contributed by atoms with Crippen LogP contribution in [0.25, 0.3) is 0 Å². The molecule has 0 aromatic heterocycles. The number of benzene rings is 2. The topological polar surface area (TPSA) is 40.5 Å². The molecule has 0 bridgehead atoms. The lowest BCUT2D eigenvalue weighted by atomic mass is 9.97. The third kappa shape index (κ3) is 3.70. The van der Waals surface area contributed by atoms with Gasteiger partial charge in [-0.1, -0.05) is 42.5 Å². The highest BCUT2D eigenvalue weighted by Crippen LogP contribution is 2.37. The van der Waals surface area contributed by atoms with Crippen LogP contribution in [0.3, 0.4) is 0 Å². The lowest BCUT2D eigenvalue weighted by molar-refractivity contribution is 0.121. The Hall–Kier alpha value is -2.36. The lowest BCUT2D eigenvalue weighted by Gasteiger charge is -2.26. The zero-order valence-electron chi connectivity index (χ0n) is 12.9. The number of amides is 1. The molecule has 0 heterocycles. The van der Waals surface area contributed by atoms with Crippen molar-refractivity contribution in [3.8, 4) is 0 Å². The van der Waals surface area contributed by atoms with E-state index in [2.05, 4.69) is 0 Å². The van der Waals surface area contributed by atoms with Crippen molar-refractivity contribution in [1.29, 1.82) is 0 Å². The van der Waals surface area contributed by atoms with Crippen molar-refractivity contribution < 1.29 is 14.3 Å². The van der Waals surface area contributed by atoms with Gasteiger partial charge in [0, 0.05) is 12.6 Å². The number of carbonyl (C=O) groups is 1. The Balaban J connectivity index is 1.71. The SMILES string of the molecule is O=C(O)N(Cc1ccccc1)[C@H]1CC[C@H](c2cccc(F)c2)C1. The first-order valence-corrected chi connectivity index (χ1v) is 7.92. The van der Waals surface area contributed by atoms with E-state index in [0.717, 1.165) is 30.4 Å². The summed E-state index contributed by atoms with van der Waals surface area (Å²) >= 11 is 0. The maximum Gasteiger partial charge on any atom is 0.407 e. The van der Waals surface area contributed by atoms with Gasteiger partial charge in [-0.05, 0) is 48.4 Å². The van der Waals surface area contributed by atoms with Crippen molar-refractivity contribution in [3.05, 3.63) is 71.5 Å². The first-order chi connectivity index (χ1) is 11.1. The summed E-state index contributed by atoms with van der Waals surface area (Å²) in [4.78, 5) is 13.2. The second-order valence-corrected chi connectivity index (χ2v) is 6.11. The Labute approximate surface area is 135 Å². The molecule has 4 heteroatoms. The standard InChI is InChI=1S/C19H20FNO2/c20-17-8-4-7-15(11-17)16-9-10-18(12-16)21(19(22)23)13-14-5-2-1-3-6-14/h1-8,11,16,18H,9-10,12-13H2,(H,22,23)/t16-,18-/m0/s1. The van der Waals surface area contributed by atoms with E-state index in [1.807, 2.05) is 36.4 Å². The number of carboxylic acid groups (broad SMARTS) is 1. The van der Waals surface area contributed by atoms with Crippen molar-refractivity contribution in [2.75, 3.05) is 0 Å². The van der Waals surface area contributed by atoms with Gasteiger partial charge in [-0.2, -0.15) is 0 Å². The maximum absolute atomic E-state index is 13.4. The van der Waals surface area contributed by atoms with Gasteiger partial charge in [0.25, 0.3) is 0 Å². The van der Waals surface area contributed by atoms with Crippen LogP contribution in [-0.4, -0.2) is 22.1 Å². The molecule has 0 aliphatic heterocycles. The molecule has 2 atom stereocenters. The van der Waals surface area contributed by atoms with Crippen LogP contribution in [0, 0.1) is 5.82 Å². The molecule has 3 rings (SSSR count). The van der Waals surface area contributed by atoms with Crippen LogP contribution < -0.4 is 0 Å². The molecule has 0 spiro atoms. The summed E-state index contributed by atoms with van der Waals surface area (Å²) in [5.74, 6) is -0.00125. The first kappa shape index (κ1) is 15.5. The predicted molar refractivity (Wildman–Crippen MR) is 86.8 cm³/mol. The zero-order chi connectivity index (χ0) is 16.2. The molecule has 1 amide bonds. The molecule has 2 aromatic rings. The minimum absolute atomic E-state index is 0.0130. The molecular formula is C19H20FNO2. The van der Waals surface area contributed by atoms with Crippen LogP contribution in [0.15, 0.2) is 54.6 Å². The van der Waals surface area contributed by atoms with E-state index in [9.17, 15) is 14.3 Å². The van der Waals surface area contributed by atoms with Crippen LogP contribution in [0.1, 0.15) is 36.3 Å². The molecule has 23 heavy (non-hydrogen) atoms. The largest absolute Gasteiger partial charge is 0.465 e. The third-order valence-electron chi connectivity index (χ3n) is 4.61. The molecule has 1 N–H and O–H groups in total. The number of hydrogen-bond acceptors (Lipinski definition) is 1. The molecule has 1 fully saturated rings. The van der Waals surface area contributed by atoms with E-state index in [0.29, 0.717) is 6.54 Å². The molecule has 0 unspecified atom stereocenters. The number of hydrogen-bond donors (Lipinski definition) is 1. The van der Waals surface area contributed by atoms with E-state index in [-0.39, 0.29) is 17.8 Å². The van der Waals surface area contributed by atoms with Gasteiger partial charge >= 0.3 is 6.09 Å². The second kappa shape index (κ2) is 6.82. The lowest BCUT2D eigenvalue weighted by Crippen LogP contribution is -2.37. The summed E-state index contributed by atoms with van der Waals surface area (Å²) in [6, 6.07) is 16.3. The molecule has 0 radical (unpaired) electrons. The average molecular weight is 313 g/mol. The second-order valence-electron chi connectivity index (χ2n) is 6.11. The normalized spacial score (nSPS) is 20.4. The molecular weight excluding hydrogens is 293 g/mol. The van der Waals surface area contributed by atoms with Gasteiger partial charge in [0.2, 0.25) is 0 Å². The maximum atomic E-state index is 13.4. The summed E-state index contributed by atoms with van der Waals surface area (Å²) in [7, 11) is 0. The molecule has 1 aliphatic rings. The highest BCUT2D eigenvalue weighted by molar-refractivity contribution is 5.65. The monoisotopic (exact) mass is 313 g/mol. The Morgan fingerprint density at radius 2 is 1.91 bits per heavy atom. The highest BCUT2D eigenvalue weighted by atomic mass is 19.1. The minimum Gasteiger partial charge on any atom is -0.465 e. The Morgan fingerprint density at radius 1 is 1.13 bits per heavy atom. The van der Waals surface area contributed by atoms with Crippen molar-refractivity contribution in [2.45, 2.75) is 37.8 Å². The number of nitrogens with zero attached hydrogens (tertiary/aromatic N) is 1. The molecule has 1 aliphatic carbocycles. The molecule has 2 aromatic carbocycles. The van der Waals surface area contributed by atoms with Crippen molar-refractivity contribution in [1.82, 2.24) is 4.90 Å². The van der Waals surface area contributed by atoms with Gasteiger partial charge in [0.1, 0.15) is 5.82 Å². The Kier molecular flexibility index (Phi) is 4.60. The van der Waals surface area contributed by atoms with Crippen molar-refractivity contribution in [3.63, 3.8) is 0 Å². The summed E-state index contributed by atoms with van der Waals surface area (Å²) in [6.07, 6.45) is 1.58. The smallest absolute Gasteiger partial charge is 0.407 e. The van der Waals surface area contributed by atoms with Gasteiger partial charge in [-0.15, -0.1) is 0 Å². The van der Waals surface area contributed by atoms with Gasteiger partial charge < -0.3 is 10.0 Å². The molecule has 0 saturated heterocycles. The van der Waals surface area contributed by atoms with Gasteiger partial charge in [0.15, 0.2) is 0 Å². The molecule has 120 valence electrons. The minimum atomic E-state index is -0.890. The molecule has 1 saturated carbocycles. The highest BCUT2D eigenvalue weighted by Gasteiger charge is 2.32. The van der Waals surface area contributed by atoms with Crippen LogP contribution in [0.2, 0.25) is 0 Å². The zero-order valence-corrected chi connectivity index (χ0v) is 12.9. The van der Waals surface area contributed by atoms with Crippen molar-refractivity contribution >= 4 is 6.09 Å². The van der Waals surface area contributed by atoms with E-state index in [4.69, 9.17) is 0 Å². The fraction of sp³-hybridized carbons (Fsp3) is 0.316. The number of halogens is 1.